The Kier molecular flexibility index (Phi) is 6.28. The number of benzene rings is 1. The zero-order valence-corrected chi connectivity index (χ0v) is 15.4. The zero-order chi connectivity index (χ0) is 17.5. The van der Waals surface area contributed by atoms with Crippen LogP contribution in [0.3, 0.4) is 0 Å². The summed E-state index contributed by atoms with van der Waals surface area (Å²) in [6.45, 7) is 0.947. The highest BCUT2D eigenvalue weighted by molar-refractivity contribution is 7.11. The maximum Gasteiger partial charge on any atom is 0.220 e. The molecule has 134 valence electrons. The molecule has 0 saturated heterocycles. The maximum atomic E-state index is 11.9. The van der Waals surface area contributed by atoms with E-state index in [1.54, 1.807) is 18.4 Å². The van der Waals surface area contributed by atoms with Gasteiger partial charge in [0.25, 0.3) is 0 Å². The van der Waals surface area contributed by atoms with E-state index in [0.717, 1.165) is 35.8 Å². The normalized spacial score (nSPS) is 13.2. The fraction of sp³-hybridized carbons (Fsp3) is 0.474. The molecule has 0 aliphatic heterocycles. The van der Waals surface area contributed by atoms with Crippen molar-refractivity contribution in [2.75, 3.05) is 20.3 Å². The predicted octanol–water partition coefficient (Wildman–Crippen LogP) is 3.16. The highest BCUT2D eigenvalue weighted by Crippen LogP contribution is 2.27. The number of hydrogen-bond acceptors (Lipinski definition) is 5. The molecular weight excluding hydrogens is 336 g/mol. The highest BCUT2D eigenvalue weighted by atomic mass is 32.1. The average molecular weight is 360 g/mol. The Morgan fingerprint density at radius 3 is 2.72 bits per heavy atom. The average Bonchev–Trinajstić information content (AvgIpc) is 3.07. The quantitative estimate of drug-likeness (QED) is 0.735. The smallest absolute Gasteiger partial charge is 0.220 e. The van der Waals surface area contributed by atoms with Gasteiger partial charge in [-0.25, -0.2) is 4.98 Å². The molecule has 1 heterocycles. The van der Waals surface area contributed by atoms with Crippen LogP contribution in [0.2, 0.25) is 0 Å². The molecule has 1 aliphatic rings. The Morgan fingerprint density at radius 2 is 1.96 bits per heavy atom. The number of amides is 1. The van der Waals surface area contributed by atoms with E-state index in [1.807, 2.05) is 24.3 Å². The van der Waals surface area contributed by atoms with E-state index >= 15 is 0 Å². The number of carbonyl (C=O) groups is 1. The third-order valence-electron chi connectivity index (χ3n) is 4.21. The molecule has 1 amide bonds. The zero-order valence-electron chi connectivity index (χ0n) is 14.5. The topological polar surface area (TPSA) is 60.5 Å². The molecular formula is C19H24N2O3S. The molecule has 0 spiro atoms. The first-order valence-electron chi connectivity index (χ1n) is 8.75. The van der Waals surface area contributed by atoms with Gasteiger partial charge in [-0.05, 0) is 49.9 Å². The van der Waals surface area contributed by atoms with Gasteiger partial charge >= 0.3 is 0 Å². The van der Waals surface area contributed by atoms with E-state index < -0.39 is 0 Å². The molecule has 6 heteroatoms. The van der Waals surface area contributed by atoms with Crippen LogP contribution >= 0.6 is 11.3 Å². The summed E-state index contributed by atoms with van der Waals surface area (Å²) in [5.41, 5.74) is 1.26. The molecule has 0 bridgehead atoms. The number of carbonyl (C=O) groups excluding carboxylic acids is 1. The second-order valence-electron chi connectivity index (χ2n) is 6.06. The fourth-order valence-corrected chi connectivity index (χ4v) is 4.01. The summed E-state index contributed by atoms with van der Waals surface area (Å²) in [5.74, 6) is 1.61. The molecule has 1 aliphatic carbocycles. The van der Waals surface area contributed by atoms with Crippen molar-refractivity contribution >= 4 is 17.2 Å². The number of methoxy groups -OCH3 is 1. The standard InChI is InChI=1S/C19H24N2O3S/c1-23-14-6-8-15(9-7-14)24-13-12-20-18(22)10-11-19-21-16-4-2-3-5-17(16)25-19/h6-9H,2-5,10-13H2,1H3,(H,20,22). The Labute approximate surface area is 152 Å². The van der Waals surface area contributed by atoms with Crippen LogP contribution in [0.15, 0.2) is 24.3 Å². The van der Waals surface area contributed by atoms with Crippen molar-refractivity contribution in [3.8, 4) is 11.5 Å². The van der Waals surface area contributed by atoms with Gasteiger partial charge in [-0.3, -0.25) is 4.79 Å². The largest absolute Gasteiger partial charge is 0.497 e. The van der Waals surface area contributed by atoms with Crippen molar-refractivity contribution in [1.29, 1.82) is 0 Å². The summed E-state index contributed by atoms with van der Waals surface area (Å²) in [6.07, 6.45) is 5.97. The van der Waals surface area contributed by atoms with Crippen LogP contribution in [0.1, 0.15) is 34.8 Å². The Hall–Kier alpha value is -2.08. The molecule has 0 fully saturated rings. The van der Waals surface area contributed by atoms with Crippen LogP contribution in [0.4, 0.5) is 0 Å². The molecule has 0 saturated carbocycles. The summed E-state index contributed by atoms with van der Waals surface area (Å²) in [7, 11) is 1.63. The maximum absolute atomic E-state index is 11.9. The van der Waals surface area contributed by atoms with Crippen molar-refractivity contribution in [1.82, 2.24) is 10.3 Å². The van der Waals surface area contributed by atoms with Crippen molar-refractivity contribution in [3.63, 3.8) is 0 Å². The van der Waals surface area contributed by atoms with Gasteiger partial charge in [0.1, 0.15) is 18.1 Å². The summed E-state index contributed by atoms with van der Waals surface area (Å²) in [4.78, 5) is 18.1. The van der Waals surface area contributed by atoms with Gasteiger partial charge in [-0.1, -0.05) is 0 Å². The number of aryl methyl sites for hydroxylation is 3. The summed E-state index contributed by atoms with van der Waals surface area (Å²) in [6, 6.07) is 7.40. The monoisotopic (exact) mass is 360 g/mol. The number of hydrogen-bond donors (Lipinski definition) is 1. The van der Waals surface area contributed by atoms with Crippen molar-refractivity contribution in [3.05, 3.63) is 39.8 Å². The van der Waals surface area contributed by atoms with Gasteiger partial charge in [0.15, 0.2) is 0 Å². The van der Waals surface area contributed by atoms with Gasteiger partial charge < -0.3 is 14.8 Å². The number of thiazole rings is 1. The number of nitrogens with zero attached hydrogens (tertiary/aromatic N) is 1. The molecule has 3 rings (SSSR count). The Bertz CT molecular complexity index is 674. The van der Waals surface area contributed by atoms with Crippen LogP contribution in [-0.4, -0.2) is 31.2 Å². The summed E-state index contributed by atoms with van der Waals surface area (Å²) >= 11 is 1.78. The molecule has 2 aromatic rings. The minimum absolute atomic E-state index is 0.0477. The van der Waals surface area contributed by atoms with Crippen molar-refractivity contribution in [2.24, 2.45) is 0 Å². The van der Waals surface area contributed by atoms with Crippen molar-refractivity contribution in [2.45, 2.75) is 38.5 Å². The van der Waals surface area contributed by atoms with Crippen LogP contribution in [0.5, 0.6) is 11.5 Å². The molecule has 1 aromatic heterocycles. The van der Waals surface area contributed by atoms with Gasteiger partial charge in [0, 0.05) is 17.7 Å². The number of nitrogens with one attached hydrogen (secondary N) is 1. The van der Waals surface area contributed by atoms with Gasteiger partial charge in [-0.2, -0.15) is 0 Å². The van der Waals surface area contributed by atoms with Crippen molar-refractivity contribution < 1.29 is 14.3 Å². The number of aromatic nitrogens is 1. The molecule has 5 nitrogen and oxygen atoms in total. The van der Waals surface area contributed by atoms with E-state index in [-0.39, 0.29) is 5.91 Å². The molecule has 1 N–H and O–H groups in total. The third kappa shape index (κ3) is 5.19. The molecule has 1 aromatic carbocycles. The lowest BCUT2D eigenvalue weighted by Crippen LogP contribution is -2.28. The molecule has 0 atom stereocenters. The first-order chi connectivity index (χ1) is 12.2. The van der Waals surface area contributed by atoms with Gasteiger partial charge in [0.2, 0.25) is 5.91 Å². The third-order valence-corrected chi connectivity index (χ3v) is 5.43. The summed E-state index contributed by atoms with van der Waals surface area (Å²) < 4.78 is 10.7. The van der Waals surface area contributed by atoms with Crippen LogP contribution < -0.4 is 14.8 Å². The Morgan fingerprint density at radius 1 is 1.20 bits per heavy atom. The minimum atomic E-state index is 0.0477. The second kappa shape index (κ2) is 8.85. The lowest BCUT2D eigenvalue weighted by molar-refractivity contribution is -0.121. The van der Waals surface area contributed by atoms with E-state index in [1.165, 1.54) is 23.4 Å². The van der Waals surface area contributed by atoms with Crippen LogP contribution in [0.25, 0.3) is 0 Å². The Balaban J connectivity index is 1.33. The molecule has 0 radical (unpaired) electrons. The first kappa shape index (κ1) is 17.7. The van der Waals surface area contributed by atoms with E-state index in [2.05, 4.69) is 10.3 Å². The lowest BCUT2D eigenvalue weighted by atomic mass is 10.0. The first-order valence-corrected chi connectivity index (χ1v) is 9.57. The predicted molar refractivity (Wildman–Crippen MR) is 98.6 cm³/mol. The van der Waals surface area contributed by atoms with E-state index in [4.69, 9.17) is 9.47 Å². The second-order valence-corrected chi connectivity index (χ2v) is 7.23. The fourth-order valence-electron chi connectivity index (χ4n) is 2.85. The number of fused-ring (bicyclic) bond motifs is 1. The van der Waals surface area contributed by atoms with E-state index in [9.17, 15) is 4.79 Å². The van der Waals surface area contributed by atoms with Gasteiger partial charge in [-0.15, -0.1) is 11.3 Å². The molecule has 0 unspecified atom stereocenters. The highest BCUT2D eigenvalue weighted by Gasteiger charge is 2.15. The number of ether oxygens (including phenoxy) is 2. The SMILES string of the molecule is COc1ccc(OCCNC(=O)CCc2nc3c(s2)CCCC3)cc1. The van der Waals surface area contributed by atoms with E-state index in [0.29, 0.717) is 19.6 Å². The number of rotatable bonds is 8. The molecule has 25 heavy (non-hydrogen) atoms. The van der Waals surface area contributed by atoms with Crippen LogP contribution in [0, 0.1) is 0 Å². The van der Waals surface area contributed by atoms with Gasteiger partial charge in [0.05, 0.1) is 24.4 Å². The van der Waals surface area contributed by atoms with Crippen LogP contribution in [-0.2, 0) is 24.1 Å². The summed E-state index contributed by atoms with van der Waals surface area (Å²) in [5, 5.41) is 3.99. The lowest BCUT2D eigenvalue weighted by Gasteiger charge is -2.08. The minimum Gasteiger partial charge on any atom is -0.497 e.